The van der Waals surface area contributed by atoms with Gasteiger partial charge in [0.15, 0.2) is 0 Å². The molecule has 82 valence electrons. The van der Waals surface area contributed by atoms with E-state index in [4.69, 9.17) is 23.2 Å². The molecule has 0 unspecified atom stereocenters. The van der Waals surface area contributed by atoms with Gasteiger partial charge in [0.25, 0.3) is 0 Å². The lowest BCUT2D eigenvalue weighted by Gasteiger charge is -2.08. The molecule has 1 heterocycles. The standard InChI is InChI=1S/C12H10Cl2N2/c13-10-5-2-1-4-9(10)8-16-12-11(14)6-3-7-15-12/h1-7H,8H2,(H,15,16). The number of rotatable bonds is 3. The van der Waals surface area contributed by atoms with E-state index in [1.807, 2.05) is 24.3 Å². The van der Waals surface area contributed by atoms with Crippen molar-refractivity contribution < 1.29 is 0 Å². The minimum Gasteiger partial charge on any atom is -0.365 e. The van der Waals surface area contributed by atoms with Gasteiger partial charge in [-0.15, -0.1) is 0 Å². The first-order chi connectivity index (χ1) is 7.77. The van der Waals surface area contributed by atoms with Crippen LogP contribution in [0.25, 0.3) is 0 Å². The van der Waals surface area contributed by atoms with Crippen LogP contribution in [0.4, 0.5) is 5.82 Å². The van der Waals surface area contributed by atoms with E-state index in [1.165, 1.54) is 0 Å². The van der Waals surface area contributed by atoms with Crippen LogP contribution in [0.5, 0.6) is 0 Å². The number of aromatic nitrogens is 1. The molecule has 0 fully saturated rings. The number of nitrogens with one attached hydrogen (secondary N) is 1. The molecule has 0 saturated heterocycles. The smallest absolute Gasteiger partial charge is 0.145 e. The summed E-state index contributed by atoms with van der Waals surface area (Å²) in [6.07, 6.45) is 1.70. The predicted molar refractivity (Wildman–Crippen MR) is 68.0 cm³/mol. The number of benzene rings is 1. The zero-order valence-electron chi connectivity index (χ0n) is 8.45. The van der Waals surface area contributed by atoms with Crippen molar-refractivity contribution in [2.45, 2.75) is 6.54 Å². The van der Waals surface area contributed by atoms with E-state index >= 15 is 0 Å². The van der Waals surface area contributed by atoms with Crippen molar-refractivity contribution in [3.05, 3.63) is 58.2 Å². The summed E-state index contributed by atoms with van der Waals surface area (Å²) in [7, 11) is 0. The molecule has 0 aliphatic carbocycles. The summed E-state index contributed by atoms with van der Waals surface area (Å²) in [6.45, 7) is 0.608. The van der Waals surface area contributed by atoms with Gasteiger partial charge in [-0.05, 0) is 23.8 Å². The van der Waals surface area contributed by atoms with Crippen molar-refractivity contribution in [2.75, 3.05) is 5.32 Å². The van der Waals surface area contributed by atoms with Crippen LogP contribution >= 0.6 is 23.2 Å². The lowest BCUT2D eigenvalue weighted by atomic mass is 10.2. The van der Waals surface area contributed by atoms with Gasteiger partial charge in [-0.3, -0.25) is 0 Å². The molecule has 4 heteroatoms. The SMILES string of the molecule is Clc1ccccc1CNc1ncccc1Cl. The molecule has 0 amide bonds. The van der Waals surface area contributed by atoms with Gasteiger partial charge < -0.3 is 5.32 Å². The Bertz CT molecular complexity index is 440. The highest BCUT2D eigenvalue weighted by molar-refractivity contribution is 6.33. The predicted octanol–water partition coefficient (Wildman–Crippen LogP) is 4.00. The van der Waals surface area contributed by atoms with Gasteiger partial charge in [-0.2, -0.15) is 0 Å². The highest BCUT2D eigenvalue weighted by atomic mass is 35.5. The monoisotopic (exact) mass is 252 g/mol. The van der Waals surface area contributed by atoms with E-state index in [0.29, 0.717) is 17.4 Å². The Kier molecular flexibility index (Phi) is 3.65. The summed E-state index contributed by atoms with van der Waals surface area (Å²) in [6, 6.07) is 11.3. The zero-order chi connectivity index (χ0) is 11.4. The van der Waals surface area contributed by atoms with Crippen molar-refractivity contribution >= 4 is 29.0 Å². The van der Waals surface area contributed by atoms with Gasteiger partial charge in [0.05, 0.1) is 5.02 Å². The Morgan fingerprint density at radius 1 is 1.00 bits per heavy atom. The molecule has 2 aromatic rings. The molecule has 2 rings (SSSR count). The van der Waals surface area contributed by atoms with E-state index in [2.05, 4.69) is 10.3 Å². The molecular formula is C12H10Cl2N2. The molecule has 16 heavy (non-hydrogen) atoms. The van der Waals surface area contributed by atoms with E-state index < -0.39 is 0 Å². The van der Waals surface area contributed by atoms with Crippen molar-refractivity contribution in [1.82, 2.24) is 4.98 Å². The number of hydrogen-bond donors (Lipinski definition) is 1. The van der Waals surface area contributed by atoms with Crippen LogP contribution in [-0.4, -0.2) is 4.98 Å². The van der Waals surface area contributed by atoms with Gasteiger partial charge in [0.1, 0.15) is 5.82 Å². The molecule has 0 atom stereocenters. The first kappa shape index (κ1) is 11.2. The number of halogens is 2. The first-order valence-electron chi connectivity index (χ1n) is 4.85. The topological polar surface area (TPSA) is 24.9 Å². The van der Waals surface area contributed by atoms with Gasteiger partial charge >= 0.3 is 0 Å². The van der Waals surface area contributed by atoms with Gasteiger partial charge in [-0.1, -0.05) is 41.4 Å². The quantitative estimate of drug-likeness (QED) is 0.894. The minimum absolute atomic E-state index is 0.606. The number of anilines is 1. The van der Waals surface area contributed by atoms with E-state index in [9.17, 15) is 0 Å². The molecule has 1 aromatic heterocycles. The van der Waals surface area contributed by atoms with Crippen LogP contribution < -0.4 is 5.32 Å². The van der Waals surface area contributed by atoms with Crippen LogP contribution in [0.2, 0.25) is 10.0 Å². The van der Waals surface area contributed by atoms with Crippen LogP contribution in [-0.2, 0) is 6.54 Å². The number of pyridine rings is 1. The Morgan fingerprint density at radius 3 is 2.50 bits per heavy atom. The third-order valence-corrected chi connectivity index (χ3v) is 2.84. The molecule has 1 aromatic carbocycles. The van der Waals surface area contributed by atoms with Crippen LogP contribution in [0, 0.1) is 0 Å². The second kappa shape index (κ2) is 5.19. The van der Waals surface area contributed by atoms with E-state index in [0.717, 1.165) is 10.6 Å². The highest BCUT2D eigenvalue weighted by Crippen LogP contribution is 2.20. The maximum atomic E-state index is 6.04. The fraction of sp³-hybridized carbons (Fsp3) is 0.0833. The summed E-state index contributed by atoms with van der Waals surface area (Å²) < 4.78 is 0. The van der Waals surface area contributed by atoms with Crippen molar-refractivity contribution in [1.29, 1.82) is 0 Å². The van der Waals surface area contributed by atoms with Crippen LogP contribution in [0.3, 0.4) is 0 Å². The van der Waals surface area contributed by atoms with Crippen molar-refractivity contribution in [2.24, 2.45) is 0 Å². The van der Waals surface area contributed by atoms with E-state index in [1.54, 1.807) is 18.3 Å². The molecule has 2 nitrogen and oxygen atoms in total. The largest absolute Gasteiger partial charge is 0.365 e. The van der Waals surface area contributed by atoms with Gasteiger partial charge in [0, 0.05) is 17.8 Å². The average molecular weight is 253 g/mol. The summed E-state index contributed by atoms with van der Waals surface area (Å²) in [5, 5.41) is 4.49. The van der Waals surface area contributed by atoms with Crippen molar-refractivity contribution in [3.8, 4) is 0 Å². The second-order valence-corrected chi connectivity index (χ2v) is 4.09. The maximum absolute atomic E-state index is 6.04. The molecule has 1 N–H and O–H groups in total. The second-order valence-electron chi connectivity index (χ2n) is 3.28. The molecular weight excluding hydrogens is 243 g/mol. The molecule has 0 aliphatic rings. The molecule has 0 aliphatic heterocycles. The number of nitrogens with zero attached hydrogens (tertiary/aromatic N) is 1. The molecule has 0 spiro atoms. The summed E-state index contributed by atoms with van der Waals surface area (Å²) in [5.41, 5.74) is 1.02. The normalized spacial score (nSPS) is 10.1. The Morgan fingerprint density at radius 2 is 1.75 bits per heavy atom. The lowest BCUT2D eigenvalue weighted by molar-refractivity contribution is 1.11. The average Bonchev–Trinajstić information content (AvgIpc) is 2.30. The van der Waals surface area contributed by atoms with Crippen molar-refractivity contribution in [3.63, 3.8) is 0 Å². The van der Waals surface area contributed by atoms with Crippen LogP contribution in [0.1, 0.15) is 5.56 Å². The fourth-order valence-corrected chi connectivity index (χ4v) is 1.73. The Balaban J connectivity index is 2.09. The third-order valence-electron chi connectivity index (χ3n) is 2.16. The molecule has 0 radical (unpaired) electrons. The summed E-state index contributed by atoms with van der Waals surface area (Å²) >= 11 is 12.0. The third kappa shape index (κ3) is 2.65. The summed E-state index contributed by atoms with van der Waals surface area (Å²) in [4.78, 5) is 4.14. The Labute approximate surface area is 104 Å². The molecule has 0 saturated carbocycles. The van der Waals surface area contributed by atoms with Gasteiger partial charge in [0.2, 0.25) is 0 Å². The first-order valence-corrected chi connectivity index (χ1v) is 5.61. The fourth-order valence-electron chi connectivity index (χ4n) is 1.34. The Hall–Kier alpha value is -1.25. The lowest BCUT2D eigenvalue weighted by Crippen LogP contribution is -2.02. The van der Waals surface area contributed by atoms with Gasteiger partial charge in [-0.25, -0.2) is 4.98 Å². The minimum atomic E-state index is 0.606. The highest BCUT2D eigenvalue weighted by Gasteiger charge is 2.02. The maximum Gasteiger partial charge on any atom is 0.145 e. The van der Waals surface area contributed by atoms with Crippen LogP contribution in [0.15, 0.2) is 42.6 Å². The summed E-state index contributed by atoms with van der Waals surface area (Å²) in [5.74, 6) is 0.670. The molecule has 0 bridgehead atoms. The zero-order valence-corrected chi connectivity index (χ0v) is 9.96. The number of hydrogen-bond acceptors (Lipinski definition) is 2. The van der Waals surface area contributed by atoms with E-state index in [-0.39, 0.29) is 0 Å².